The number of nitrogens with zero attached hydrogens (tertiary/aromatic N) is 1. The number of likely N-dealkylation sites (tertiary alicyclic amines) is 1. The van der Waals surface area contributed by atoms with Gasteiger partial charge in [-0.3, -0.25) is 4.79 Å². The number of rotatable bonds is 7. The van der Waals surface area contributed by atoms with E-state index < -0.39 is 10.0 Å². The molecule has 7 heteroatoms. The summed E-state index contributed by atoms with van der Waals surface area (Å²) in [5.41, 5.74) is 0. The molecule has 2 rings (SSSR count). The van der Waals surface area contributed by atoms with E-state index in [1.807, 2.05) is 4.90 Å². The number of benzene rings is 1. The Kier molecular flexibility index (Phi) is 7.72. The fourth-order valence-corrected chi connectivity index (χ4v) is 4.61. The molecule has 140 valence electrons. The number of hydrogen-bond donors (Lipinski definition) is 1. The molecule has 1 fully saturated rings. The summed E-state index contributed by atoms with van der Waals surface area (Å²) < 4.78 is 26.9. The van der Waals surface area contributed by atoms with Gasteiger partial charge in [0, 0.05) is 31.1 Å². The number of halogens is 1. The van der Waals surface area contributed by atoms with Crippen LogP contribution >= 0.6 is 11.6 Å². The SMILES string of the molecule is CCCC1CCCN(C(=O)CCNS(=O)(=O)c2cccc(Cl)c2)CC1. The number of sulfonamides is 1. The summed E-state index contributed by atoms with van der Waals surface area (Å²) in [6.07, 6.45) is 5.85. The molecule has 1 atom stereocenters. The normalized spacial score (nSPS) is 18.8. The van der Waals surface area contributed by atoms with Crippen LogP contribution in [0.1, 0.15) is 45.4 Å². The maximum Gasteiger partial charge on any atom is 0.240 e. The molecule has 1 amide bonds. The van der Waals surface area contributed by atoms with E-state index in [0.29, 0.717) is 10.9 Å². The smallest absolute Gasteiger partial charge is 0.240 e. The Hall–Kier alpha value is -1.11. The topological polar surface area (TPSA) is 66.5 Å². The maximum atomic E-state index is 12.4. The fourth-order valence-electron chi connectivity index (χ4n) is 3.28. The van der Waals surface area contributed by atoms with Crippen LogP contribution in [0.3, 0.4) is 0 Å². The van der Waals surface area contributed by atoms with Crippen molar-refractivity contribution >= 4 is 27.5 Å². The van der Waals surface area contributed by atoms with Gasteiger partial charge in [-0.15, -0.1) is 0 Å². The minimum absolute atomic E-state index is 0.0194. The quantitative estimate of drug-likeness (QED) is 0.780. The largest absolute Gasteiger partial charge is 0.343 e. The number of hydrogen-bond acceptors (Lipinski definition) is 3. The molecule has 1 heterocycles. The van der Waals surface area contributed by atoms with E-state index in [1.54, 1.807) is 12.1 Å². The monoisotopic (exact) mass is 386 g/mol. The van der Waals surface area contributed by atoms with Gasteiger partial charge in [-0.25, -0.2) is 13.1 Å². The van der Waals surface area contributed by atoms with Gasteiger partial charge in [0.25, 0.3) is 0 Å². The molecular weight excluding hydrogens is 360 g/mol. The van der Waals surface area contributed by atoms with Crippen LogP contribution in [0.25, 0.3) is 0 Å². The lowest BCUT2D eigenvalue weighted by molar-refractivity contribution is -0.131. The zero-order valence-corrected chi connectivity index (χ0v) is 16.3. The second kappa shape index (κ2) is 9.55. The summed E-state index contributed by atoms with van der Waals surface area (Å²) in [5.74, 6) is 0.732. The lowest BCUT2D eigenvalue weighted by Gasteiger charge is -2.20. The van der Waals surface area contributed by atoms with E-state index in [-0.39, 0.29) is 23.8 Å². The first-order valence-electron chi connectivity index (χ1n) is 8.95. The number of nitrogens with one attached hydrogen (secondary N) is 1. The van der Waals surface area contributed by atoms with Crippen LogP contribution < -0.4 is 4.72 Å². The highest BCUT2D eigenvalue weighted by atomic mass is 35.5. The summed E-state index contributed by atoms with van der Waals surface area (Å²) in [6.45, 7) is 3.85. The predicted octanol–water partition coefficient (Wildman–Crippen LogP) is 3.44. The van der Waals surface area contributed by atoms with E-state index in [1.165, 1.54) is 31.4 Å². The highest BCUT2D eigenvalue weighted by molar-refractivity contribution is 7.89. The second-order valence-electron chi connectivity index (χ2n) is 6.57. The lowest BCUT2D eigenvalue weighted by atomic mass is 9.96. The molecule has 0 bridgehead atoms. The second-order valence-corrected chi connectivity index (χ2v) is 8.77. The Morgan fingerprint density at radius 2 is 2.12 bits per heavy atom. The Labute approximate surface area is 155 Å². The van der Waals surface area contributed by atoms with Crippen molar-refractivity contribution in [3.8, 4) is 0 Å². The van der Waals surface area contributed by atoms with Crippen LogP contribution in [0.2, 0.25) is 5.02 Å². The standard InChI is InChI=1S/C18H27ClN2O3S/c1-2-5-15-6-4-12-21(13-10-15)18(22)9-11-20-25(23,24)17-8-3-7-16(19)14-17/h3,7-8,14-15,20H,2,4-6,9-13H2,1H3. The molecule has 1 saturated heterocycles. The van der Waals surface area contributed by atoms with Crippen molar-refractivity contribution < 1.29 is 13.2 Å². The van der Waals surface area contributed by atoms with Gasteiger partial charge >= 0.3 is 0 Å². The first-order valence-corrected chi connectivity index (χ1v) is 10.8. The van der Waals surface area contributed by atoms with Crippen LogP contribution in [0.5, 0.6) is 0 Å². The Bertz CT molecular complexity index is 679. The lowest BCUT2D eigenvalue weighted by Crippen LogP contribution is -2.35. The molecule has 1 unspecified atom stereocenters. The van der Waals surface area contributed by atoms with Gasteiger partial charge in [0.05, 0.1) is 4.90 Å². The molecule has 1 aliphatic rings. The van der Waals surface area contributed by atoms with E-state index in [2.05, 4.69) is 11.6 Å². The summed E-state index contributed by atoms with van der Waals surface area (Å²) in [7, 11) is -3.64. The van der Waals surface area contributed by atoms with Crippen LogP contribution in [0, 0.1) is 5.92 Å². The van der Waals surface area contributed by atoms with Gasteiger partial charge in [0.1, 0.15) is 0 Å². The maximum absolute atomic E-state index is 12.4. The minimum atomic E-state index is -3.64. The van der Waals surface area contributed by atoms with Crippen molar-refractivity contribution in [2.45, 2.75) is 50.3 Å². The first-order chi connectivity index (χ1) is 11.9. The minimum Gasteiger partial charge on any atom is -0.343 e. The van der Waals surface area contributed by atoms with Crippen molar-refractivity contribution in [2.75, 3.05) is 19.6 Å². The van der Waals surface area contributed by atoms with Gasteiger partial charge in [0.2, 0.25) is 15.9 Å². The van der Waals surface area contributed by atoms with Crippen LogP contribution in [-0.2, 0) is 14.8 Å². The Balaban J connectivity index is 1.82. The molecule has 0 aromatic heterocycles. The number of amides is 1. The third kappa shape index (κ3) is 6.28. The molecule has 0 aliphatic carbocycles. The van der Waals surface area contributed by atoms with Crippen molar-refractivity contribution in [1.29, 1.82) is 0 Å². The molecule has 0 spiro atoms. The summed E-state index contributed by atoms with van der Waals surface area (Å²) in [4.78, 5) is 14.4. The van der Waals surface area contributed by atoms with E-state index in [0.717, 1.165) is 25.9 Å². The van der Waals surface area contributed by atoms with E-state index in [4.69, 9.17) is 11.6 Å². The van der Waals surface area contributed by atoms with Crippen molar-refractivity contribution in [2.24, 2.45) is 5.92 Å². The fraction of sp³-hybridized carbons (Fsp3) is 0.611. The highest BCUT2D eigenvalue weighted by Crippen LogP contribution is 2.22. The third-order valence-corrected chi connectivity index (χ3v) is 6.33. The highest BCUT2D eigenvalue weighted by Gasteiger charge is 2.21. The Morgan fingerprint density at radius 3 is 2.84 bits per heavy atom. The first kappa shape index (κ1) is 20.2. The van der Waals surface area contributed by atoms with Gasteiger partial charge in [-0.05, 0) is 43.4 Å². The molecule has 1 aliphatic heterocycles. The van der Waals surface area contributed by atoms with Gasteiger partial charge in [-0.2, -0.15) is 0 Å². The van der Waals surface area contributed by atoms with Crippen LogP contribution in [0.4, 0.5) is 0 Å². The molecule has 0 radical (unpaired) electrons. The van der Waals surface area contributed by atoms with Crippen LogP contribution in [-0.4, -0.2) is 38.9 Å². The molecule has 1 aromatic carbocycles. The van der Waals surface area contributed by atoms with Gasteiger partial charge in [0.15, 0.2) is 0 Å². The van der Waals surface area contributed by atoms with Gasteiger partial charge < -0.3 is 4.90 Å². The predicted molar refractivity (Wildman–Crippen MR) is 100 cm³/mol. The third-order valence-electron chi connectivity index (χ3n) is 4.63. The average Bonchev–Trinajstić information content (AvgIpc) is 2.81. The van der Waals surface area contributed by atoms with E-state index >= 15 is 0 Å². The van der Waals surface area contributed by atoms with Crippen molar-refractivity contribution in [1.82, 2.24) is 9.62 Å². The molecule has 1 aromatic rings. The van der Waals surface area contributed by atoms with Crippen molar-refractivity contribution in [3.63, 3.8) is 0 Å². The molecule has 1 N–H and O–H groups in total. The van der Waals surface area contributed by atoms with E-state index in [9.17, 15) is 13.2 Å². The zero-order valence-electron chi connectivity index (χ0n) is 14.7. The molecule has 25 heavy (non-hydrogen) atoms. The van der Waals surface area contributed by atoms with Gasteiger partial charge in [-0.1, -0.05) is 37.4 Å². The molecule has 0 saturated carbocycles. The number of carbonyl (C=O) groups excluding carboxylic acids is 1. The zero-order chi connectivity index (χ0) is 18.3. The molecule has 5 nitrogen and oxygen atoms in total. The van der Waals surface area contributed by atoms with Crippen molar-refractivity contribution in [3.05, 3.63) is 29.3 Å². The molecular formula is C18H27ClN2O3S. The summed E-state index contributed by atoms with van der Waals surface area (Å²) in [6, 6.07) is 6.09. The summed E-state index contributed by atoms with van der Waals surface area (Å²) >= 11 is 5.83. The average molecular weight is 387 g/mol. The Morgan fingerprint density at radius 1 is 1.32 bits per heavy atom. The summed E-state index contributed by atoms with van der Waals surface area (Å²) in [5, 5.41) is 0.366. The van der Waals surface area contributed by atoms with Crippen LogP contribution in [0.15, 0.2) is 29.2 Å². The number of carbonyl (C=O) groups is 1.